The number of aryl methyl sites for hydroxylation is 1. The average Bonchev–Trinajstić information content (AvgIpc) is 2.71. The molecule has 0 fully saturated rings. The number of nitrogens with zero attached hydrogens (tertiary/aromatic N) is 1. The summed E-state index contributed by atoms with van der Waals surface area (Å²) in [5, 5.41) is 1.59. The molecule has 0 aliphatic heterocycles. The predicted molar refractivity (Wildman–Crippen MR) is 71.8 cm³/mol. The SMILES string of the molecule is O=S(=O)(Cl)c1c2c(cc3cnc(Cl)cc13)CCC2. The lowest BCUT2D eigenvalue weighted by Gasteiger charge is -2.10. The molecule has 3 rings (SSSR count). The van der Waals surface area contributed by atoms with Gasteiger partial charge in [-0.1, -0.05) is 11.6 Å². The Labute approximate surface area is 114 Å². The van der Waals surface area contributed by atoms with Gasteiger partial charge in [-0.3, -0.25) is 0 Å². The molecule has 0 radical (unpaired) electrons. The highest BCUT2D eigenvalue weighted by molar-refractivity contribution is 8.14. The molecular formula is C12H9Cl2NO2S. The van der Waals surface area contributed by atoms with E-state index in [1.807, 2.05) is 6.07 Å². The lowest BCUT2D eigenvalue weighted by Crippen LogP contribution is -2.00. The molecule has 3 nitrogen and oxygen atoms in total. The van der Waals surface area contributed by atoms with Crippen LogP contribution in [0.3, 0.4) is 0 Å². The number of aromatic nitrogens is 1. The second-order valence-corrected chi connectivity index (χ2v) is 7.25. The summed E-state index contributed by atoms with van der Waals surface area (Å²) < 4.78 is 23.6. The Hall–Kier alpha value is -0.840. The Morgan fingerprint density at radius 2 is 2.00 bits per heavy atom. The minimum atomic E-state index is -3.79. The summed E-state index contributed by atoms with van der Waals surface area (Å²) in [5.41, 5.74) is 1.88. The van der Waals surface area contributed by atoms with Crippen molar-refractivity contribution in [1.82, 2.24) is 4.98 Å². The maximum atomic E-state index is 11.8. The van der Waals surface area contributed by atoms with Gasteiger partial charge in [0.2, 0.25) is 0 Å². The van der Waals surface area contributed by atoms with E-state index in [-0.39, 0.29) is 10.0 Å². The van der Waals surface area contributed by atoms with Crippen LogP contribution in [0.5, 0.6) is 0 Å². The molecule has 0 bridgehead atoms. The number of pyridine rings is 1. The van der Waals surface area contributed by atoms with E-state index in [4.69, 9.17) is 22.3 Å². The van der Waals surface area contributed by atoms with E-state index in [1.54, 1.807) is 12.3 Å². The van der Waals surface area contributed by atoms with Crippen molar-refractivity contribution in [2.75, 3.05) is 0 Å². The fraction of sp³-hybridized carbons (Fsp3) is 0.250. The second kappa shape index (κ2) is 4.08. The fourth-order valence-electron chi connectivity index (χ4n) is 2.57. The summed E-state index contributed by atoms with van der Waals surface area (Å²) in [6.45, 7) is 0. The molecule has 0 amide bonds. The van der Waals surface area contributed by atoms with Crippen molar-refractivity contribution in [3.63, 3.8) is 0 Å². The number of hydrogen-bond acceptors (Lipinski definition) is 3. The summed E-state index contributed by atoms with van der Waals surface area (Å²) in [7, 11) is 1.80. The number of rotatable bonds is 1. The van der Waals surface area contributed by atoms with E-state index in [0.717, 1.165) is 35.8 Å². The fourth-order valence-corrected chi connectivity index (χ4v) is 4.22. The van der Waals surface area contributed by atoms with Gasteiger partial charge in [-0.2, -0.15) is 0 Å². The van der Waals surface area contributed by atoms with Gasteiger partial charge < -0.3 is 0 Å². The quantitative estimate of drug-likeness (QED) is 0.600. The molecule has 2 aromatic rings. The first-order chi connectivity index (χ1) is 8.47. The predicted octanol–water partition coefficient (Wildman–Crippen LogP) is 3.30. The minimum absolute atomic E-state index is 0.207. The topological polar surface area (TPSA) is 47.0 Å². The first-order valence-corrected chi connectivity index (χ1v) is 8.20. The minimum Gasteiger partial charge on any atom is -0.244 e. The van der Waals surface area contributed by atoms with Gasteiger partial charge in [0.25, 0.3) is 9.05 Å². The molecule has 1 heterocycles. The van der Waals surface area contributed by atoms with Crippen LogP contribution in [0.25, 0.3) is 10.8 Å². The van der Waals surface area contributed by atoms with Crippen molar-refractivity contribution in [3.8, 4) is 0 Å². The third-order valence-electron chi connectivity index (χ3n) is 3.25. The van der Waals surface area contributed by atoms with Crippen molar-refractivity contribution in [2.24, 2.45) is 0 Å². The molecule has 1 aromatic heterocycles. The molecule has 0 atom stereocenters. The lowest BCUT2D eigenvalue weighted by atomic mass is 10.0. The first-order valence-electron chi connectivity index (χ1n) is 5.51. The molecule has 0 spiro atoms. The van der Waals surface area contributed by atoms with Crippen LogP contribution in [0, 0.1) is 0 Å². The molecule has 0 saturated carbocycles. The van der Waals surface area contributed by atoms with Gasteiger partial charge in [0.1, 0.15) is 5.15 Å². The molecule has 1 aromatic carbocycles. The van der Waals surface area contributed by atoms with Gasteiger partial charge in [0.05, 0.1) is 4.90 Å². The van der Waals surface area contributed by atoms with E-state index in [2.05, 4.69) is 4.98 Å². The van der Waals surface area contributed by atoms with Crippen LogP contribution in [0.4, 0.5) is 0 Å². The standard InChI is InChI=1S/C12H9Cl2NO2S/c13-11-5-10-8(6-15-11)4-7-2-1-3-9(7)12(10)18(14,16)17/h4-6H,1-3H2. The Balaban J connectivity index is 2.52. The molecule has 0 N–H and O–H groups in total. The number of fused-ring (bicyclic) bond motifs is 2. The van der Waals surface area contributed by atoms with Crippen LogP contribution >= 0.6 is 22.3 Å². The Morgan fingerprint density at radius 3 is 2.72 bits per heavy atom. The van der Waals surface area contributed by atoms with Crippen LogP contribution in [-0.4, -0.2) is 13.4 Å². The van der Waals surface area contributed by atoms with E-state index in [1.165, 1.54) is 0 Å². The highest BCUT2D eigenvalue weighted by Gasteiger charge is 2.25. The van der Waals surface area contributed by atoms with Gasteiger partial charge >= 0.3 is 0 Å². The van der Waals surface area contributed by atoms with E-state index < -0.39 is 9.05 Å². The van der Waals surface area contributed by atoms with Crippen molar-refractivity contribution in [3.05, 3.63) is 34.6 Å². The summed E-state index contributed by atoms with van der Waals surface area (Å²) in [4.78, 5) is 4.19. The van der Waals surface area contributed by atoms with Crippen LogP contribution in [0.15, 0.2) is 23.2 Å². The van der Waals surface area contributed by atoms with Gasteiger partial charge in [-0.25, -0.2) is 13.4 Å². The van der Waals surface area contributed by atoms with E-state index in [0.29, 0.717) is 5.39 Å². The highest BCUT2D eigenvalue weighted by Crippen LogP contribution is 2.37. The van der Waals surface area contributed by atoms with Gasteiger partial charge in [0.15, 0.2) is 0 Å². The zero-order chi connectivity index (χ0) is 12.9. The van der Waals surface area contributed by atoms with Crippen LogP contribution in [0.1, 0.15) is 17.5 Å². The third kappa shape index (κ3) is 1.88. The molecule has 1 aliphatic carbocycles. The molecule has 18 heavy (non-hydrogen) atoms. The number of benzene rings is 1. The van der Waals surface area contributed by atoms with Crippen LogP contribution in [-0.2, 0) is 21.9 Å². The normalized spacial score (nSPS) is 15.0. The van der Waals surface area contributed by atoms with Crippen LogP contribution < -0.4 is 0 Å². The summed E-state index contributed by atoms with van der Waals surface area (Å²) in [5.74, 6) is 0. The zero-order valence-electron chi connectivity index (χ0n) is 9.28. The van der Waals surface area contributed by atoms with Gasteiger partial charge in [0, 0.05) is 27.7 Å². The Bertz CT molecular complexity index is 756. The molecule has 94 valence electrons. The van der Waals surface area contributed by atoms with Gasteiger partial charge in [-0.15, -0.1) is 0 Å². The number of hydrogen-bond donors (Lipinski definition) is 0. The summed E-state index contributed by atoms with van der Waals surface area (Å²) in [6.07, 6.45) is 4.16. The maximum absolute atomic E-state index is 11.8. The highest BCUT2D eigenvalue weighted by atomic mass is 35.7. The van der Waals surface area contributed by atoms with Crippen molar-refractivity contribution >= 4 is 42.1 Å². The van der Waals surface area contributed by atoms with Crippen molar-refractivity contribution < 1.29 is 8.42 Å². The van der Waals surface area contributed by atoms with Gasteiger partial charge in [-0.05, 0) is 42.5 Å². The maximum Gasteiger partial charge on any atom is 0.262 e. The molecule has 1 aliphatic rings. The lowest BCUT2D eigenvalue weighted by molar-refractivity contribution is 0.609. The number of halogens is 2. The third-order valence-corrected chi connectivity index (χ3v) is 4.88. The Kier molecular flexibility index (Phi) is 2.77. The molecule has 0 saturated heterocycles. The largest absolute Gasteiger partial charge is 0.262 e. The first kappa shape index (κ1) is 12.2. The summed E-state index contributed by atoms with van der Waals surface area (Å²) in [6, 6.07) is 3.54. The average molecular weight is 302 g/mol. The summed E-state index contributed by atoms with van der Waals surface area (Å²) >= 11 is 5.84. The molecule has 0 unspecified atom stereocenters. The van der Waals surface area contributed by atoms with Crippen molar-refractivity contribution in [1.29, 1.82) is 0 Å². The molecular weight excluding hydrogens is 293 g/mol. The van der Waals surface area contributed by atoms with Crippen molar-refractivity contribution in [2.45, 2.75) is 24.2 Å². The van der Waals surface area contributed by atoms with E-state index >= 15 is 0 Å². The zero-order valence-corrected chi connectivity index (χ0v) is 11.6. The molecule has 6 heteroatoms. The van der Waals surface area contributed by atoms with Crippen LogP contribution in [0.2, 0.25) is 5.15 Å². The Morgan fingerprint density at radius 1 is 1.22 bits per heavy atom. The monoisotopic (exact) mass is 301 g/mol. The van der Waals surface area contributed by atoms with E-state index in [9.17, 15) is 8.42 Å². The smallest absolute Gasteiger partial charge is 0.244 e. The second-order valence-electron chi connectivity index (χ2n) is 4.36.